The molecule has 0 fully saturated rings. The molecule has 0 amide bonds. The Kier molecular flexibility index (Phi) is 5.53. The molecule has 19 heavy (non-hydrogen) atoms. The van der Waals surface area contributed by atoms with Gasteiger partial charge in [0.05, 0.1) is 5.75 Å². The molecular formula is C12H22N4O2S. The second kappa shape index (κ2) is 6.70. The van der Waals surface area contributed by atoms with Gasteiger partial charge < -0.3 is 10.2 Å². The summed E-state index contributed by atoms with van der Waals surface area (Å²) in [5.41, 5.74) is 0.937. The summed E-state index contributed by atoms with van der Waals surface area (Å²) in [7, 11) is -1.13. The van der Waals surface area contributed by atoms with Gasteiger partial charge in [-0.15, -0.1) is 0 Å². The van der Waals surface area contributed by atoms with Crippen LogP contribution in [0.5, 0.6) is 0 Å². The first-order valence-electron chi connectivity index (χ1n) is 6.29. The van der Waals surface area contributed by atoms with Crippen LogP contribution >= 0.6 is 0 Å². The number of sulfone groups is 1. The number of aromatic nitrogens is 2. The normalized spacial score (nSPS) is 11.4. The molecule has 1 aromatic heterocycles. The van der Waals surface area contributed by atoms with E-state index in [4.69, 9.17) is 0 Å². The number of anilines is 2. The number of nitrogens with one attached hydrogen (secondary N) is 1. The van der Waals surface area contributed by atoms with Gasteiger partial charge in [0.1, 0.15) is 27.8 Å². The van der Waals surface area contributed by atoms with E-state index in [0.29, 0.717) is 6.54 Å². The van der Waals surface area contributed by atoms with Gasteiger partial charge in [-0.3, -0.25) is 0 Å². The maximum atomic E-state index is 11.2. The Bertz CT molecular complexity index is 516. The molecule has 1 rings (SSSR count). The van der Waals surface area contributed by atoms with E-state index in [0.717, 1.165) is 30.2 Å². The quantitative estimate of drug-likeness (QED) is 0.808. The summed E-state index contributed by atoms with van der Waals surface area (Å²) in [5.74, 6) is 1.68. The standard InChI is InChI=1S/C12H22N4O2S/c1-5-6-13-11-10(2)12(15-9-14-11)16(3)7-8-19(4,17)18/h9H,5-8H2,1-4H3,(H,13,14,15). The smallest absolute Gasteiger partial charge is 0.149 e. The average Bonchev–Trinajstić information content (AvgIpc) is 2.34. The number of hydrogen-bond donors (Lipinski definition) is 1. The van der Waals surface area contributed by atoms with Crippen LogP contribution < -0.4 is 10.2 Å². The fraction of sp³-hybridized carbons (Fsp3) is 0.667. The van der Waals surface area contributed by atoms with Crippen LogP contribution in [0.1, 0.15) is 18.9 Å². The Labute approximate surface area is 115 Å². The fourth-order valence-corrected chi connectivity index (χ4v) is 2.26. The molecule has 0 radical (unpaired) electrons. The Morgan fingerprint density at radius 3 is 2.63 bits per heavy atom. The second-order valence-corrected chi connectivity index (χ2v) is 6.91. The van der Waals surface area contributed by atoms with Crippen LogP contribution in [0, 0.1) is 6.92 Å². The highest BCUT2D eigenvalue weighted by Gasteiger charge is 2.12. The third-order valence-electron chi connectivity index (χ3n) is 2.76. The van der Waals surface area contributed by atoms with E-state index in [1.54, 1.807) is 0 Å². The minimum absolute atomic E-state index is 0.116. The predicted octanol–water partition coefficient (Wildman–Crippen LogP) is 1.09. The van der Waals surface area contributed by atoms with Gasteiger partial charge in [0.15, 0.2) is 0 Å². The van der Waals surface area contributed by atoms with E-state index < -0.39 is 9.84 Å². The van der Waals surface area contributed by atoms with E-state index in [-0.39, 0.29) is 5.75 Å². The van der Waals surface area contributed by atoms with Crippen molar-refractivity contribution in [1.29, 1.82) is 0 Å². The lowest BCUT2D eigenvalue weighted by Gasteiger charge is -2.20. The molecule has 7 heteroatoms. The molecule has 0 atom stereocenters. The van der Waals surface area contributed by atoms with Gasteiger partial charge in [0.25, 0.3) is 0 Å². The summed E-state index contributed by atoms with van der Waals surface area (Å²) in [6, 6.07) is 0. The number of nitrogens with zero attached hydrogens (tertiary/aromatic N) is 3. The fourth-order valence-electron chi connectivity index (χ4n) is 1.66. The minimum Gasteiger partial charge on any atom is -0.370 e. The molecule has 0 aliphatic heterocycles. The summed E-state index contributed by atoms with van der Waals surface area (Å²) in [6.45, 7) is 5.29. The molecule has 0 aromatic carbocycles. The predicted molar refractivity (Wildman–Crippen MR) is 78.5 cm³/mol. The van der Waals surface area contributed by atoms with Gasteiger partial charge in [-0.2, -0.15) is 0 Å². The molecule has 108 valence electrons. The molecule has 0 aliphatic carbocycles. The number of hydrogen-bond acceptors (Lipinski definition) is 6. The first-order valence-corrected chi connectivity index (χ1v) is 8.35. The van der Waals surface area contributed by atoms with E-state index >= 15 is 0 Å². The summed E-state index contributed by atoms with van der Waals surface area (Å²) in [6.07, 6.45) is 3.75. The molecule has 0 aliphatic rings. The van der Waals surface area contributed by atoms with Crippen LogP contribution in [0.15, 0.2) is 6.33 Å². The largest absolute Gasteiger partial charge is 0.370 e. The van der Waals surface area contributed by atoms with Crippen LogP contribution in [0.3, 0.4) is 0 Å². The molecule has 0 unspecified atom stereocenters. The third kappa shape index (κ3) is 5.02. The van der Waals surface area contributed by atoms with Crippen LogP contribution in [0.4, 0.5) is 11.6 Å². The highest BCUT2D eigenvalue weighted by molar-refractivity contribution is 7.90. The monoisotopic (exact) mass is 286 g/mol. The van der Waals surface area contributed by atoms with Crippen LogP contribution in [-0.4, -0.2) is 50.5 Å². The maximum Gasteiger partial charge on any atom is 0.149 e. The molecule has 0 saturated carbocycles. The highest BCUT2D eigenvalue weighted by Crippen LogP contribution is 2.20. The molecule has 1 aromatic rings. The summed E-state index contributed by atoms with van der Waals surface area (Å²) in [4.78, 5) is 10.3. The van der Waals surface area contributed by atoms with Crippen LogP contribution in [0.2, 0.25) is 0 Å². The summed E-state index contributed by atoms with van der Waals surface area (Å²) < 4.78 is 22.4. The van der Waals surface area contributed by atoms with Crippen molar-refractivity contribution < 1.29 is 8.42 Å². The minimum atomic E-state index is -2.97. The zero-order chi connectivity index (χ0) is 14.5. The molecule has 0 bridgehead atoms. The second-order valence-electron chi connectivity index (χ2n) is 4.65. The zero-order valence-corrected chi connectivity index (χ0v) is 12.8. The number of rotatable bonds is 7. The van der Waals surface area contributed by atoms with Crippen molar-refractivity contribution in [2.45, 2.75) is 20.3 Å². The van der Waals surface area contributed by atoms with E-state index in [9.17, 15) is 8.42 Å². The topological polar surface area (TPSA) is 75.2 Å². The highest BCUT2D eigenvalue weighted by atomic mass is 32.2. The van der Waals surface area contributed by atoms with Gasteiger partial charge >= 0.3 is 0 Å². The zero-order valence-electron chi connectivity index (χ0n) is 12.0. The van der Waals surface area contributed by atoms with E-state index in [1.165, 1.54) is 12.6 Å². The first-order chi connectivity index (χ1) is 8.85. The van der Waals surface area contributed by atoms with E-state index in [2.05, 4.69) is 22.2 Å². The Hall–Kier alpha value is -1.37. The molecule has 0 saturated heterocycles. The summed E-state index contributed by atoms with van der Waals surface area (Å²) >= 11 is 0. The van der Waals surface area contributed by atoms with Gasteiger partial charge in [-0.1, -0.05) is 6.92 Å². The first kappa shape index (κ1) is 15.7. The summed E-state index contributed by atoms with van der Waals surface area (Å²) in [5, 5.41) is 3.23. The van der Waals surface area contributed by atoms with Crippen molar-refractivity contribution in [3.8, 4) is 0 Å². The van der Waals surface area contributed by atoms with Crippen LogP contribution in [-0.2, 0) is 9.84 Å². The van der Waals surface area contributed by atoms with Crippen molar-refractivity contribution in [3.05, 3.63) is 11.9 Å². The Balaban J connectivity index is 2.82. The van der Waals surface area contributed by atoms with E-state index in [1.807, 2.05) is 18.9 Å². The molecule has 1 N–H and O–H groups in total. The van der Waals surface area contributed by atoms with Gasteiger partial charge in [-0.25, -0.2) is 18.4 Å². The van der Waals surface area contributed by atoms with Gasteiger partial charge in [-0.05, 0) is 13.3 Å². The van der Waals surface area contributed by atoms with Gasteiger partial charge in [0, 0.05) is 32.0 Å². The van der Waals surface area contributed by atoms with Gasteiger partial charge in [0.2, 0.25) is 0 Å². The average molecular weight is 286 g/mol. The Morgan fingerprint density at radius 1 is 1.37 bits per heavy atom. The third-order valence-corrected chi connectivity index (χ3v) is 3.68. The molecular weight excluding hydrogens is 264 g/mol. The lowest BCUT2D eigenvalue weighted by molar-refractivity contribution is 0.601. The van der Waals surface area contributed by atoms with Crippen molar-refractivity contribution in [1.82, 2.24) is 9.97 Å². The lowest BCUT2D eigenvalue weighted by atomic mass is 10.3. The van der Waals surface area contributed by atoms with Crippen molar-refractivity contribution in [2.24, 2.45) is 0 Å². The molecule has 6 nitrogen and oxygen atoms in total. The molecule has 1 heterocycles. The maximum absolute atomic E-state index is 11.2. The lowest BCUT2D eigenvalue weighted by Crippen LogP contribution is -2.26. The van der Waals surface area contributed by atoms with Crippen molar-refractivity contribution in [2.75, 3.05) is 42.4 Å². The Morgan fingerprint density at radius 2 is 2.05 bits per heavy atom. The van der Waals surface area contributed by atoms with Crippen LogP contribution in [0.25, 0.3) is 0 Å². The molecule has 0 spiro atoms. The van der Waals surface area contributed by atoms with Crippen molar-refractivity contribution in [3.63, 3.8) is 0 Å². The SMILES string of the molecule is CCCNc1ncnc(N(C)CCS(C)(=O)=O)c1C. The van der Waals surface area contributed by atoms with Crippen molar-refractivity contribution >= 4 is 21.5 Å².